The lowest BCUT2D eigenvalue weighted by Gasteiger charge is -2.03. The van der Waals surface area contributed by atoms with Crippen molar-refractivity contribution in [3.05, 3.63) is 41.6 Å². The van der Waals surface area contributed by atoms with Crippen molar-refractivity contribution in [3.8, 4) is 6.07 Å². The van der Waals surface area contributed by atoms with Crippen molar-refractivity contribution < 1.29 is 0 Å². The summed E-state index contributed by atoms with van der Waals surface area (Å²) in [7, 11) is 0. The fraction of sp³-hybridized carbons (Fsp3) is 0.0909. The van der Waals surface area contributed by atoms with Gasteiger partial charge in [0, 0.05) is 0 Å². The molecule has 0 saturated carbocycles. The highest BCUT2D eigenvalue weighted by molar-refractivity contribution is 7.10. The summed E-state index contributed by atoms with van der Waals surface area (Å²) in [4.78, 5) is 0. The molecule has 0 unspecified atom stereocenters. The molecule has 0 radical (unpaired) electrons. The molecule has 15 heavy (non-hydrogen) atoms. The van der Waals surface area contributed by atoms with E-state index in [-0.39, 0.29) is 0 Å². The van der Waals surface area contributed by atoms with Crippen molar-refractivity contribution in [1.29, 1.82) is 5.26 Å². The zero-order valence-electron chi connectivity index (χ0n) is 8.19. The van der Waals surface area contributed by atoms with Crippen LogP contribution in [0.3, 0.4) is 0 Å². The monoisotopic (exact) mass is 215 g/mol. The summed E-state index contributed by atoms with van der Waals surface area (Å²) in [6.07, 6.45) is 0. The Morgan fingerprint density at radius 3 is 2.87 bits per heavy atom. The number of hydrogen-bond donors (Lipinski definition) is 1. The number of aromatic nitrogens is 1. The van der Waals surface area contributed by atoms with Gasteiger partial charge in [0.15, 0.2) is 0 Å². The van der Waals surface area contributed by atoms with Gasteiger partial charge in [-0.05, 0) is 36.7 Å². The summed E-state index contributed by atoms with van der Waals surface area (Å²) in [6.45, 7) is 1.94. The number of aryl methyl sites for hydroxylation is 1. The molecule has 0 aliphatic heterocycles. The topological polar surface area (TPSA) is 48.7 Å². The Morgan fingerprint density at radius 1 is 1.40 bits per heavy atom. The van der Waals surface area contributed by atoms with Gasteiger partial charge in [-0.25, -0.2) is 0 Å². The lowest BCUT2D eigenvalue weighted by atomic mass is 10.2. The Kier molecular flexibility index (Phi) is 2.66. The molecule has 2 rings (SSSR count). The van der Waals surface area contributed by atoms with E-state index in [1.807, 2.05) is 31.2 Å². The van der Waals surface area contributed by atoms with Gasteiger partial charge in [0.25, 0.3) is 0 Å². The van der Waals surface area contributed by atoms with E-state index < -0.39 is 0 Å². The molecule has 0 aliphatic carbocycles. The van der Waals surface area contributed by atoms with E-state index in [0.29, 0.717) is 5.56 Å². The molecule has 0 fully saturated rings. The second-order valence-electron chi connectivity index (χ2n) is 3.11. The van der Waals surface area contributed by atoms with Gasteiger partial charge in [0.1, 0.15) is 11.1 Å². The van der Waals surface area contributed by atoms with Gasteiger partial charge in [0.05, 0.1) is 16.9 Å². The van der Waals surface area contributed by atoms with Crippen LogP contribution in [0.1, 0.15) is 11.3 Å². The zero-order valence-corrected chi connectivity index (χ0v) is 9.01. The molecule has 0 saturated heterocycles. The van der Waals surface area contributed by atoms with E-state index in [9.17, 15) is 0 Å². The highest BCUT2D eigenvalue weighted by atomic mass is 32.1. The predicted molar refractivity (Wildman–Crippen MR) is 61.3 cm³/mol. The zero-order chi connectivity index (χ0) is 10.7. The smallest absolute Gasteiger partial charge is 0.114 e. The van der Waals surface area contributed by atoms with Crippen LogP contribution in [0.25, 0.3) is 0 Å². The highest BCUT2D eigenvalue weighted by Gasteiger charge is 2.02. The maximum Gasteiger partial charge on any atom is 0.114 e. The summed E-state index contributed by atoms with van der Waals surface area (Å²) < 4.78 is 4.16. The molecular weight excluding hydrogens is 206 g/mol. The average Bonchev–Trinajstić information content (AvgIpc) is 2.65. The number of nitrogens with one attached hydrogen (secondary N) is 1. The number of hydrogen-bond acceptors (Lipinski definition) is 4. The number of nitrogens with zero attached hydrogens (tertiary/aromatic N) is 2. The number of benzene rings is 1. The van der Waals surface area contributed by atoms with Crippen LogP contribution in [0.15, 0.2) is 30.3 Å². The van der Waals surface area contributed by atoms with Crippen LogP contribution >= 0.6 is 11.5 Å². The van der Waals surface area contributed by atoms with Crippen LogP contribution in [-0.2, 0) is 0 Å². The molecule has 1 aromatic carbocycles. The van der Waals surface area contributed by atoms with Gasteiger partial charge in [-0.3, -0.25) is 0 Å². The minimum atomic E-state index is 0.642. The lowest BCUT2D eigenvalue weighted by molar-refractivity contribution is 1.35. The normalized spacial score (nSPS) is 9.60. The maximum atomic E-state index is 8.90. The second kappa shape index (κ2) is 4.11. The quantitative estimate of drug-likeness (QED) is 0.837. The first-order chi connectivity index (χ1) is 7.29. The fourth-order valence-electron chi connectivity index (χ4n) is 1.24. The van der Waals surface area contributed by atoms with Crippen molar-refractivity contribution >= 4 is 22.2 Å². The molecule has 1 aromatic heterocycles. The van der Waals surface area contributed by atoms with Crippen LogP contribution in [0.4, 0.5) is 10.7 Å². The van der Waals surface area contributed by atoms with Crippen molar-refractivity contribution in [3.63, 3.8) is 0 Å². The Morgan fingerprint density at radius 2 is 2.20 bits per heavy atom. The maximum absolute atomic E-state index is 8.90. The summed E-state index contributed by atoms with van der Waals surface area (Å²) in [5, 5.41) is 13.0. The Bertz CT molecular complexity index is 511. The summed E-state index contributed by atoms with van der Waals surface area (Å²) in [5.74, 6) is 0. The summed E-state index contributed by atoms with van der Waals surface area (Å²) in [6, 6.07) is 11.5. The molecule has 0 atom stereocenters. The van der Waals surface area contributed by atoms with Crippen molar-refractivity contribution in [2.45, 2.75) is 6.92 Å². The third kappa shape index (κ3) is 2.14. The fourth-order valence-corrected chi connectivity index (χ4v) is 1.92. The van der Waals surface area contributed by atoms with E-state index in [4.69, 9.17) is 5.26 Å². The molecule has 0 spiro atoms. The average molecular weight is 215 g/mol. The van der Waals surface area contributed by atoms with Gasteiger partial charge in [-0.1, -0.05) is 12.1 Å². The van der Waals surface area contributed by atoms with E-state index in [2.05, 4.69) is 15.8 Å². The SMILES string of the molecule is Cc1cc(Nc2ccccc2C#N)sn1. The Balaban J connectivity index is 2.28. The molecule has 0 bridgehead atoms. The molecule has 4 heteroatoms. The minimum absolute atomic E-state index is 0.642. The van der Waals surface area contributed by atoms with E-state index >= 15 is 0 Å². The summed E-state index contributed by atoms with van der Waals surface area (Å²) in [5.41, 5.74) is 2.45. The summed E-state index contributed by atoms with van der Waals surface area (Å²) >= 11 is 1.39. The molecular formula is C11H9N3S. The first kappa shape index (κ1) is 9.69. The number of nitriles is 1. The van der Waals surface area contributed by atoms with Crippen LogP contribution in [0.2, 0.25) is 0 Å². The van der Waals surface area contributed by atoms with Crippen molar-refractivity contribution in [1.82, 2.24) is 4.37 Å². The largest absolute Gasteiger partial charge is 0.345 e. The molecule has 0 aliphatic rings. The molecule has 3 nitrogen and oxygen atoms in total. The molecule has 1 N–H and O–H groups in total. The number of rotatable bonds is 2. The van der Waals surface area contributed by atoms with E-state index in [1.54, 1.807) is 6.07 Å². The van der Waals surface area contributed by atoms with Gasteiger partial charge >= 0.3 is 0 Å². The first-order valence-electron chi connectivity index (χ1n) is 4.49. The van der Waals surface area contributed by atoms with Crippen molar-refractivity contribution in [2.24, 2.45) is 0 Å². The first-order valence-corrected chi connectivity index (χ1v) is 5.26. The Hall–Kier alpha value is -1.86. The van der Waals surface area contributed by atoms with Crippen molar-refractivity contribution in [2.75, 3.05) is 5.32 Å². The van der Waals surface area contributed by atoms with E-state index in [1.165, 1.54) is 11.5 Å². The third-order valence-electron chi connectivity index (χ3n) is 1.93. The van der Waals surface area contributed by atoms with E-state index in [0.717, 1.165) is 16.4 Å². The predicted octanol–water partition coefficient (Wildman–Crippen LogP) is 3.07. The highest BCUT2D eigenvalue weighted by Crippen LogP contribution is 2.23. The van der Waals surface area contributed by atoms with Crippen LogP contribution in [0, 0.1) is 18.3 Å². The minimum Gasteiger partial charge on any atom is -0.345 e. The standard InChI is InChI=1S/C11H9N3S/c1-8-6-11(15-14-8)13-10-5-3-2-4-9(10)7-12/h2-6,13H,1H3. The number of anilines is 2. The molecule has 0 amide bonds. The molecule has 2 aromatic rings. The van der Waals surface area contributed by atoms with Gasteiger partial charge in [-0.2, -0.15) is 9.64 Å². The lowest BCUT2D eigenvalue weighted by Crippen LogP contribution is -1.90. The van der Waals surface area contributed by atoms with Crippen LogP contribution < -0.4 is 5.32 Å². The molecule has 74 valence electrons. The second-order valence-corrected chi connectivity index (χ2v) is 3.92. The number of para-hydroxylation sites is 1. The van der Waals surface area contributed by atoms with Crippen LogP contribution in [-0.4, -0.2) is 4.37 Å². The molecule has 1 heterocycles. The van der Waals surface area contributed by atoms with Crippen LogP contribution in [0.5, 0.6) is 0 Å². The van der Waals surface area contributed by atoms with Gasteiger partial charge in [0.2, 0.25) is 0 Å². The third-order valence-corrected chi connectivity index (χ3v) is 2.73. The Labute approximate surface area is 92.2 Å². The van der Waals surface area contributed by atoms with Gasteiger partial charge in [-0.15, -0.1) is 0 Å². The van der Waals surface area contributed by atoms with Gasteiger partial charge < -0.3 is 5.32 Å².